The van der Waals surface area contributed by atoms with Gasteiger partial charge in [-0.3, -0.25) is 9.89 Å². The normalized spacial score (nSPS) is 13.9. The topological polar surface area (TPSA) is 105 Å². The molecule has 1 aliphatic heterocycles. The minimum absolute atomic E-state index is 0.0146. The molecule has 31 heavy (non-hydrogen) atoms. The third kappa shape index (κ3) is 3.87. The molecule has 1 aromatic carbocycles. The summed E-state index contributed by atoms with van der Waals surface area (Å²) in [4.78, 5) is 20.5. The van der Waals surface area contributed by atoms with Gasteiger partial charge >= 0.3 is 0 Å². The first-order valence-electron chi connectivity index (χ1n) is 9.88. The summed E-state index contributed by atoms with van der Waals surface area (Å²) in [6.45, 7) is 3.29. The maximum atomic E-state index is 12.8. The predicted octanol–water partition coefficient (Wildman–Crippen LogP) is 3.62. The van der Waals surface area contributed by atoms with Crippen molar-refractivity contribution in [3.63, 3.8) is 0 Å². The van der Waals surface area contributed by atoms with E-state index in [0.717, 1.165) is 27.9 Å². The summed E-state index contributed by atoms with van der Waals surface area (Å²) in [5, 5.41) is 11.2. The fourth-order valence-electron chi connectivity index (χ4n) is 3.43. The third-order valence-electron chi connectivity index (χ3n) is 5.23. The average molecular weight is 438 g/mol. The van der Waals surface area contributed by atoms with E-state index in [1.807, 2.05) is 31.2 Å². The van der Waals surface area contributed by atoms with Crippen molar-refractivity contribution in [3.05, 3.63) is 64.6 Å². The van der Waals surface area contributed by atoms with Gasteiger partial charge in [-0.1, -0.05) is 17.7 Å². The van der Waals surface area contributed by atoms with Gasteiger partial charge in [0, 0.05) is 33.8 Å². The number of nitrogens with one attached hydrogen (secondary N) is 3. The van der Waals surface area contributed by atoms with Gasteiger partial charge in [-0.25, -0.2) is 4.98 Å². The first-order chi connectivity index (χ1) is 15.1. The molecular weight excluding hydrogens is 418 g/mol. The van der Waals surface area contributed by atoms with Crippen LogP contribution in [0.25, 0.3) is 22.3 Å². The molecule has 0 radical (unpaired) electrons. The van der Waals surface area contributed by atoms with Crippen LogP contribution in [-0.4, -0.2) is 45.4 Å². The number of benzene rings is 1. The van der Waals surface area contributed by atoms with Gasteiger partial charge in [-0.2, -0.15) is 5.10 Å². The van der Waals surface area contributed by atoms with Crippen molar-refractivity contribution in [2.75, 3.05) is 13.2 Å². The molecule has 1 saturated heterocycles. The second kappa shape index (κ2) is 8.05. The summed E-state index contributed by atoms with van der Waals surface area (Å²) < 4.78 is 11.1. The molecule has 158 valence electrons. The molecule has 0 spiro atoms. The predicted molar refractivity (Wildman–Crippen MR) is 116 cm³/mol. The van der Waals surface area contributed by atoms with Crippen molar-refractivity contribution < 1.29 is 14.3 Å². The molecule has 0 unspecified atom stereocenters. The Kier molecular flexibility index (Phi) is 5.09. The van der Waals surface area contributed by atoms with Gasteiger partial charge in [-0.05, 0) is 37.3 Å². The molecule has 1 aliphatic rings. The van der Waals surface area contributed by atoms with Gasteiger partial charge in [0.05, 0.1) is 25.1 Å². The highest BCUT2D eigenvalue weighted by atomic mass is 35.5. The number of fused-ring (bicyclic) bond motifs is 1. The van der Waals surface area contributed by atoms with E-state index in [1.165, 1.54) is 0 Å². The number of H-pyrrole nitrogens is 2. The number of rotatable bonds is 6. The molecule has 0 aliphatic carbocycles. The molecule has 0 bridgehead atoms. The number of halogens is 1. The monoisotopic (exact) mass is 437 g/mol. The molecule has 8 nitrogen and oxygen atoms in total. The highest BCUT2D eigenvalue weighted by molar-refractivity contribution is 6.31. The highest BCUT2D eigenvalue weighted by Crippen LogP contribution is 2.28. The lowest BCUT2D eigenvalue weighted by molar-refractivity contribution is -0.0800. The number of amides is 1. The standard InChI is InChI=1S/C22H20ClN5O3/c1-12-15(9-25-28-12)18-6-5-13-7-19(27-21(13)26-18)22(29)24-8-16-17(23)3-2-4-20(16)31-14-10-30-11-14/h2-7,9,14H,8,10-11H2,1H3,(H,24,29)(H,25,28)(H,26,27). The fraction of sp³-hybridized carbons (Fsp3) is 0.227. The molecule has 5 rings (SSSR count). The Bertz CT molecular complexity index is 1260. The Morgan fingerprint density at radius 1 is 1.32 bits per heavy atom. The lowest BCUT2D eigenvalue weighted by Gasteiger charge is -2.28. The fourth-order valence-corrected chi connectivity index (χ4v) is 3.67. The minimum Gasteiger partial charge on any atom is -0.485 e. The van der Waals surface area contributed by atoms with Crippen LogP contribution in [0.4, 0.5) is 0 Å². The van der Waals surface area contributed by atoms with Gasteiger partial charge in [0.2, 0.25) is 0 Å². The summed E-state index contributed by atoms with van der Waals surface area (Å²) in [6.07, 6.45) is 1.75. The number of ether oxygens (including phenoxy) is 2. The Balaban J connectivity index is 1.33. The smallest absolute Gasteiger partial charge is 0.268 e. The number of aryl methyl sites for hydroxylation is 1. The van der Waals surface area contributed by atoms with E-state index >= 15 is 0 Å². The zero-order chi connectivity index (χ0) is 21.4. The van der Waals surface area contributed by atoms with E-state index < -0.39 is 0 Å². The zero-order valence-corrected chi connectivity index (χ0v) is 17.5. The first-order valence-corrected chi connectivity index (χ1v) is 10.3. The van der Waals surface area contributed by atoms with E-state index in [1.54, 1.807) is 18.3 Å². The summed E-state index contributed by atoms with van der Waals surface area (Å²) in [5.74, 6) is 0.399. The number of hydrogen-bond acceptors (Lipinski definition) is 5. The quantitative estimate of drug-likeness (QED) is 0.427. The van der Waals surface area contributed by atoms with Crippen LogP contribution in [0.5, 0.6) is 5.75 Å². The van der Waals surface area contributed by atoms with Crippen molar-refractivity contribution in [2.45, 2.75) is 19.6 Å². The van der Waals surface area contributed by atoms with E-state index in [0.29, 0.717) is 35.3 Å². The zero-order valence-electron chi connectivity index (χ0n) is 16.7. The average Bonchev–Trinajstić information content (AvgIpc) is 3.35. The van der Waals surface area contributed by atoms with Crippen LogP contribution in [-0.2, 0) is 11.3 Å². The molecule has 9 heteroatoms. The molecule has 3 N–H and O–H groups in total. The number of carbonyl (C=O) groups excluding carboxylic acids is 1. The van der Waals surface area contributed by atoms with Crippen LogP contribution in [0.2, 0.25) is 5.02 Å². The van der Waals surface area contributed by atoms with Crippen molar-refractivity contribution >= 4 is 28.5 Å². The van der Waals surface area contributed by atoms with Crippen molar-refractivity contribution in [1.82, 2.24) is 25.5 Å². The molecule has 4 heterocycles. The maximum Gasteiger partial charge on any atom is 0.268 e. The van der Waals surface area contributed by atoms with Crippen LogP contribution in [0, 0.1) is 6.92 Å². The van der Waals surface area contributed by atoms with E-state index in [2.05, 4.69) is 25.5 Å². The largest absolute Gasteiger partial charge is 0.485 e. The van der Waals surface area contributed by atoms with Gasteiger partial charge in [0.25, 0.3) is 5.91 Å². The number of aromatic amines is 2. The molecule has 1 amide bonds. The minimum atomic E-state index is -0.253. The van der Waals surface area contributed by atoms with Gasteiger partial charge in [0.15, 0.2) is 0 Å². The summed E-state index contributed by atoms with van der Waals surface area (Å²) in [5.41, 5.74) is 4.43. The number of carbonyl (C=O) groups is 1. The first kappa shape index (κ1) is 19.6. The third-order valence-corrected chi connectivity index (χ3v) is 5.59. The molecular formula is C22H20ClN5O3. The van der Waals surface area contributed by atoms with Crippen molar-refractivity contribution in [3.8, 4) is 17.0 Å². The Labute approximate surface area is 182 Å². The Morgan fingerprint density at radius 3 is 2.94 bits per heavy atom. The summed E-state index contributed by atoms with van der Waals surface area (Å²) >= 11 is 6.36. The van der Waals surface area contributed by atoms with Crippen LogP contribution in [0.1, 0.15) is 21.7 Å². The van der Waals surface area contributed by atoms with Crippen molar-refractivity contribution in [2.24, 2.45) is 0 Å². The van der Waals surface area contributed by atoms with E-state index in [-0.39, 0.29) is 18.6 Å². The Hall–Kier alpha value is -3.36. The highest BCUT2D eigenvalue weighted by Gasteiger charge is 2.22. The molecule has 4 aromatic rings. The lowest BCUT2D eigenvalue weighted by atomic mass is 10.1. The van der Waals surface area contributed by atoms with E-state index in [4.69, 9.17) is 21.1 Å². The lowest BCUT2D eigenvalue weighted by Crippen LogP contribution is -2.39. The number of aromatic nitrogens is 4. The van der Waals surface area contributed by atoms with Crippen molar-refractivity contribution in [1.29, 1.82) is 0 Å². The number of pyridine rings is 1. The summed E-state index contributed by atoms with van der Waals surface area (Å²) in [6, 6.07) is 11.1. The van der Waals surface area contributed by atoms with Crippen LogP contribution < -0.4 is 10.1 Å². The van der Waals surface area contributed by atoms with Gasteiger partial charge in [-0.15, -0.1) is 0 Å². The Morgan fingerprint density at radius 2 is 2.19 bits per heavy atom. The van der Waals surface area contributed by atoms with Crippen LogP contribution >= 0.6 is 11.6 Å². The second-order valence-electron chi connectivity index (χ2n) is 7.40. The SMILES string of the molecule is Cc1[nH]ncc1-c1ccc2cc(C(=O)NCc3c(Cl)cccc3OC3COC3)[nH]c2n1. The maximum absolute atomic E-state index is 12.8. The van der Waals surface area contributed by atoms with Crippen LogP contribution in [0.3, 0.4) is 0 Å². The van der Waals surface area contributed by atoms with Gasteiger partial charge < -0.3 is 19.8 Å². The van der Waals surface area contributed by atoms with Gasteiger partial charge in [0.1, 0.15) is 23.2 Å². The summed E-state index contributed by atoms with van der Waals surface area (Å²) in [7, 11) is 0. The number of hydrogen-bond donors (Lipinski definition) is 3. The number of nitrogens with zero attached hydrogens (tertiary/aromatic N) is 2. The van der Waals surface area contributed by atoms with Crippen LogP contribution in [0.15, 0.2) is 42.6 Å². The molecule has 3 aromatic heterocycles. The van der Waals surface area contributed by atoms with E-state index in [9.17, 15) is 4.79 Å². The second-order valence-corrected chi connectivity index (χ2v) is 7.81. The molecule has 1 fully saturated rings. The molecule has 0 saturated carbocycles. The molecule has 0 atom stereocenters.